The summed E-state index contributed by atoms with van der Waals surface area (Å²) in [5.74, 6) is 0.248. The van der Waals surface area contributed by atoms with Gasteiger partial charge in [-0.25, -0.2) is 4.90 Å². The average molecular weight is 417 g/mol. The van der Waals surface area contributed by atoms with Crippen molar-refractivity contribution < 1.29 is 9.59 Å². The smallest absolute Gasteiger partial charge is 0.251 e. The lowest BCUT2D eigenvalue weighted by molar-refractivity contribution is -0.123. The number of hydrogen-bond donors (Lipinski definition) is 0. The molecule has 2 amide bonds. The summed E-state index contributed by atoms with van der Waals surface area (Å²) in [5.41, 5.74) is 1.81. The number of rotatable bonds is 4. The third-order valence-electron chi connectivity index (χ3n) is 5.69. The van der Waals surface area contributed by atoms with Crippen LogP contribution >= 0.6 is 23.2 Å². The van der Waals surface area contributed by atoms with Crippen LogP contribution in [0.3, 0.4) is 0 Å². The topological polar surface area (TPSA) is 40.6 Å². The van der Waals surface area contributed by atoms with Gasteiger partial charge in [0.1, 0.15) is 0 Å². The predicted octanol–water partition coefficient (Wildman–Crippen LogP) is 4.58. The van der Waals surface area contributed by atoms with E-state index in [4.69, 9.17) is 23.2 Å². The fourth-order valence-corrected chi connectivity index (χ4v) is 4.77. The van der Waals surface area contributed by atoms with Gasteiger partial charge in [-0.3, -0.25) is 14.5 Å². The number of carbonyl (C=O) groups excluding carboxylic acids is 2. The quantitative estimate of drug-likeness (QED) is 0.684. The van der Waals surface area contributed by atoms with E-state index in [1.165, 1.54) is 10.5 Å². The molecule has 0 N–H and O–H groups in total. The summed E-state index contributed by atoms with van der Waals surface area (Å²) in [7, 11) is 0. The van der Waals surface area contributed by atoms with E-state index >= 15 is 0 Å². The number of imide groups is 1. The van der Waals surface area contributed by atoms with E-state index in [0.717, 1.165) is 32.4 Å². The molecule has 2 aromatic rings. The largest absolute Gasteiger partial charge is 0.292 e. The molecule has 0 radical (unpaired) electrons. The second kappa shape index (κ2) is 8.24. The van der Waals surface area contributed by atoms with Gasteiger partial charge >= 0.3 is 0 Å². The molecule has 1 unspecified atom stereocenters. The third kappa shape index (κ3) is 4.09. The first kappa shape index (κ1) is 19.4. The number of piperidine rings is 1. The van der Waals surface area contributed by atoms with Crippen molar-refractivity contribution in [3.05, 3.63) is 64.1 Å². The summed E-state index contributed by atoms with van der Waals surface area (Å²) in [6, 6.07) is 14.9. The van der Waals surface area contributed by atoms with Crippen molar-refractivity contribution in [2.24, 2.45) is 5.92 Å². The van der Waals surface area contributed by atoms with E-state index in [9.17, 15) is 9.59 Å². The summed E-state index contributed by atoms with van der Waals surface area (Å²) in [6.07, 6.45) is 3.36. The highest BCUT2D eigenvalue weighted by atomic mass is 35.5. The fraction of sp³-hybridized carbons (Fsp3) is 0.364. The van der Waals surface area contributed by atoms with Crippen LogP contribution in [0.25, 0.3) is 0 Å². The van der Waals surface area contributed by atoms with Crippen molar-refractivity contribution in [2.75, 3.05) is 18.0 Å². The van der Waals surface area contributed by atoms with Crippen molar-refractivity contribution >= 4 is 40.7 Å². The lowest BCUT2D eigenvalue weighted by Crippen LogP contribution is -2.46. The molecule has 2 fully saturated rings. The van der Waals surface area contributed by atoms with Gasteiger partial charge in [0.15, 0.2) is 0 Å². The molecule has 146 valence electrons. The number of nitrogens with zero attached hydrogens (tertiary/aromatic N) is 2. The Morgan fingerprint density at radius 1 is 0.929 bits per heavy atom. The molecule has 1 atom stereocenters. The number of halogens is 2. The Morgan fingerprint density at radius 2 is 1.57 bits per heavy atom. The molecule has 0 aromatic heterocycles. The van der Waals surface area contributed by atoms with Crippen molar-refractivity contribution in [1.82, 2.24) is 4.90 Å². The number of likely N-dealkylation sites (tertiary alicyclic amines) is 1. The van der Waals surface area contributed by atoms with Crippen molar-refractivity contribution in [3.8, 4) is 0 Å². The van der Waals surface area contributed by atoms with Crippen LogP contribution in [-0.2, 0) is 16.0 Å². The van der Waals surface area contributed by atoms with E-state index < -0.39 is 0 Å². The molecule has 2 aliphatic rings. The Balaban J connectivity index is 1.40. The molecular weight excluding hydrogens is 395 g/mol. The minimum Gasteiger partial charge on any atom is -0.292 e. The lowest BCUT2D eigenvalue weighted by atomic mass is 9.89. The van der Waals surface area contributed by atoms with Crippen LogP contribution in [0.4, 0.5) is 5.69 Å². The standard InChI is InChI=1S/C22H22Cl2N2O2/c23-17-11-18(24)13-19(12-17)26-21(27)14-20(22(26)28)25-8-6-16(7-9-25)10-15-4-2-1-3-5-15/h1-5,11-13,16,20H,6-10,14H2. The van der Waals surface area contributed by atoms with Crippen LogP contribution in [0.1, 0.15) is 24.8 Å². The molecule has 2 aliphatic heterocycles. The van der Waals surface area contributed by atoms with Gasteiger partial charge in [-0.15, -0.1) is 0 Å². The third-order valence-corrected chi connectivity index (χ3v) is 6.12. The zero-order valence-electron chi connectivity index (χ0n) is 15.5. The summed E-state index contributed by atoms with van der Waals surface area (Å²) in [4.78, 5) is 28.9. The normalized spacial score (nSPS) is 21.5. The summed E-state index contributed by atoms with van der Waals surface area (Å²) in [6.45, 7) is 1.68. The Morgan fingerprint density at radius 3 is 2.21 bits per heavy atom. The molecule has 2 heterocycles. The summed E-state index contributed by atoms with van der Waals surface area (Å²) < 4.78 is 0. The predicted molar refractivity (Wildman–Crippen MR) is 112 cm³/mol. The van der Waals surface area contributed by atoms with Crippen LogP contribution in [0.15, 0.2) is 48.5 Å². The molecule has 0 spiro atoms. The monoisotopic (exact) mass is 416 g/mol. The molecular formula is C22H22Cl2N2O2. The molecule has 4 rings (SSSR count). The molecule has 0 bridgehead atoms. The first-order valence-electron chi connectivity index (χ1n) is 9.62. The number of carbonyl (C=O) groups is 2. The zero-order valence-corrected chi connectivity index (χ0v) is 17.0. The van der Waals surface area contributed by atoms with Crippen molar-refractivity contribution in [2.45, 2.75) is 31.7 Å². The summed E-state index contributed by atoms with van der Waals surface area (Å²) >= 11 is 12.1. The Bertz CT molecular complexity index is 859. The zero-order chi connectivity index (χ0) is 19.7. The van der Waals surface area contributed by atoms with Crippen molar-refractivity contribution in [3.63, 3.8) is 0 Å². The molecule has 2 aromatic carbocycles. The van der Waals surface area contributed by atoms with E-state index in [2.05, 4.69) is 29.2 Å². The second-order valence-electron chi connectivity index (χ2n) is 7.58. The van der Waals surface area contributed by atoms with Gasteiger partial charge < -0.3 is 0 Å². The van der Waals surface area contributed by atoms with Crippen LogP contribution < -0.4 is 4.90 Å². The second-order valence-corrected chi connectivity index (χ2v) is 8.46. The van der Waals surface area contributed by atoms with E-state index in [0.29, 0.717) is 21.7 Å². The van der Waals surface area contributed by atoms with Gasteiger partial charge in [-0.2, -0.15) is 0 Å². The Kier molecular flexibility index (Phi) is 5.72. The Labute approximate surface area is 175 Å². The van der Waals surface area contributed by atoms with Gasteiger partial charge in [0, 0.05) is 10.0 Å². The van der Waals surface area contributed by atoms with Crippen LogP contribution in [0, 0.1) is 5.92 Å². The van der Waals surface area contributed by atoms with Gasteiger partial charge in [0.05, 0.1) is 18.2 Å². The minimum atomic E-state index is -0.386. The van der Waals surface area contributed by atoms with Crippen LogP contribution in [0.5, 0.6) is 0 Å². The molecule has 2 saturated heterocycles. The van der Waals surface area contributed by atoms with Gasteiger partial charge in [-0.05, 0) is 62.0 Å². The van der Waals surface area contributed by atoms with Crippen molar-refractivity contribution in [1.29, 1.82) is 0 Å². The number of amides is 2. The van der Waals surface area contributed by atoms with Crippen LogP contribution in [-0.4, -0.2) is 35.8 Å². The SMILES string of the molecule is O=C1CC(N2CCC(Cc3ccccc3)CC2)C(=O)N1c1cc(Cl)cc(Cl)c1. The molecule has 0 saturated carbocycles. The molecule has 0 aliphatic carbocycles. The number of anilines is 1. The Hall–Kier alpha value is -1.88. The average Bonchev–Trinajstić information content (AvgIpc) is 2.97. The van der Waals surface area contributed by atoms with Gasteiger partial charge in [-0.1, -0.05) is 53.5 Å². The highest BCUT2D eigenvalue weighted by Gasteiger charge is 2.43. The molecule has 6 heteroatoms. The minimum absolute atomic E-state index is 0.176. The lowest BCUT2D eigenvalue weighted by Gasteiger charge is -2.34. The first-order chi connectivity index (χ1) is 13.5. The maximum absolute atomic E-state index is 13.0. The summed E-state index contributed by atoms with van der Waals surface area (Å²) in [5, 5.41) is 0.821. The van der Waals surface area contributed by atoms with E-state index in [1.807, 2.05) is 6.07 Å². The van der Waals surface area contributed by atoms with Gasteiger partial charge in [0.2, 0.25) is 5.91 Å². The van der Waals surface area contributed by atoms with Gasteiger partial charge in [0.25, 0.3) is 5.91 Å². The molecule has 4 nitrogen and oxygen atoms in total. The number of hydrogen-bond acceptors (Lipinski definition) is 3. The maximum atomic E-state index is 13.0. The maximum Gasteiger partial charge on any atom is 0.251 e. The van der Waals surface area contributed by atoms with E-state index in [-0.39, 0.29) is 24.3 Å². The highest BCUT2D eigenvalue weighted by Crippen LogP contribution is 2.32. The number of benzene rings is 2. The highest BCUT2D eigenvalue weighted by molar-refractivity contribution is 6.35. The fourth-order valence-electron chi connectivity index (χ4n) is 4.26. The molecule has 28 heavy (non-hydrogen) atoms. The van der Waals surface area contributed by atoms with E-state index in [1.54, 1.807) is 18.2 Å². The van der Waals surface area contributed by atoms with Crippen LogP contribution in [0.2, 0.25) is 10.0 Å². The first-order valence-corrected chi connectivity index (χ1v) is 10.4.